The number of nitrogens with zero attached hydrogens (tertiary/aromatic N) is 6. The van der Waals surface area contributed by atoms with E-state index in [9.17, 15) is 4.79 Å². The highest BCUT2D eigenvalue weighted by Gasteiger charge is 2.23. The summed E-state index contributed by atoms with van der Waals surface area (Å²) in [7, 11) is 0. The molecule has 0 atom stereocenters. The summed E-state index contributed by atoms with van der Waals surface area (Å²) < 4.78 is 1.63. The molecule has 0 radical (unpaired) electrons. The largest absolute Gasteiger partial charge is 0.312 e. The standard InChI is InChI=1S/C10H11N7O/c11-1-3-16(4-2-12)10(18)9-7-17(15-14-9)8-5-13-6-8/h7-8,13H,3-6H2. The number of nitrogens with one attached hydrogen (secondary N) is 1. The van der Waals surface area contributed by atoms with Gasteiger partial charge in [0.05, 0.1) is 24.4 Å². The summed E-state index contributed by atoms with van der Waals surface area (Å²) in [5.74, 6) is -0.448. The van der Waals surface area contributed by atoms with Gasteiger partial charge in [-0.3, -0.25) is 4.79 Å². The van der Waals surface area contributed by atoms with Crippen molar-refractivity contribution in [1.82, 2.24) is 25.2 Å². The molecule has 92 valence electrons. The van der Waals surface area contributed by atoms with Crippen LogP contribution in [-0.4, -0.2) is 52.0 Å². The minimum Gasteiger partial charge on any atom is -0.312 e. The van der Waals surface area contributed by atoms with E-state index in [0.717, 1.165) is 18.0 Å². The zero-order chi connectivity index (χ0) is 13.0. The third kappa shape index (κ3) is 2.29. The average molecular weight is 245 g/mol. The Morgan fingerprint density at radius 1 is 1.50 bits per heavy atom. The summed E-state index contributed by atoms with van der Waals surface area (Å²) in [6.07, 6.45) is 1.55. The highest BCUT2D eigenvalue weighted by Crippen LogP contribution is 2.10. The van der Waals surface area contributed by atoms with Crippen LogP contribution in [0.1, 0.15) is 16.5 Å². The van der Waals surface area contributed by atoms with E-state index in [4.69, 9.17) is 10.5 Å². The minimum absolute atomic E-state index is 0.135. The van der Waals surface area contributed by atoms with Gasteiger partial charge in [-0.05, 0) is 0 Å². The Bertz CT molecular complexity index is 503. The topological polar surface area (TPSA) is 111 Å². The van der Waals surface area contributed by atoms with Gasteiger partial charge in [-0.25, -0.2) is 4.68 Å². The predicted octanol–water partition coefficient (Wildman–Crippen LogP) is -1.09. The molecule has 0 aliphatic carbocycles. The molecule has 1 aliphatic heterocycles. The van der Waals surface area contributed by atoms with Gasteiger partial charge in [0, 0.05) is 13.1 Å². The molecule has 1 aromatic rings. The van der Waals surface area contributed by atoms with Crippen LogP contribution in [0.25, 0.3) is 0 Å². The predicted molar refractivity (Wildman–Crippen MR) is 59.1 cm³/mol. The van der Waals surface area contributed by atoms with Crippen LogP contribution < -0.4 is 5.32 Å². The summed E-state index contributed by atoms with van der Waals surface area (Å²) in [6, 6.07) is 3.91. The van der Waals surface area contributed by atoms with E-state index in [0.29, 0.717) is 0 Å². The van der Waals surface area contributed by atoms with Crippen LogP contribution in [0.5, 0.6) is 0 Å². The first-order valence-corrected chi connectivity index (χ1v) is 5.42. The Balaban J connectivity index is 2.09. The molecule has 1 aromatic heterocycles. The van der Waals surface area contributed by atoms with Crippen LogP contribution in [0, 0.1) is 22.7 Å². The molecule has 18 heavy (non-hydrogen) atoms. The van der Waals surface area contributed by atoms with Gasteiger partial charge in [-0.15, -0.1) is 5.10 Å². The number of aromatic nitrogens is 3. The maximum Gasteiger partial charge on any atom is 0.277 e. The minimum atomic E-state index is -0.448. The molecule has 1 saturated heterocycles. The molecule has 8 nitrogen and oxygen atoms in total. The number of hydrogen-bond donors (Lipinski definition) is 1. The summed E-state index contributed by atoms with van der Waals surface area (Å²) in [6.45, 7) is 1.34. The van der Waals surface area contributed by atoms with Crippen LogP contribution in [0.2, 0.25) is 0 Å². The number of hydrogen-bond acceptors (Lipinski definition) is 6. The van der Waals surface area contributed by atoms with E-state index in [1.165, 1.54) is 0 Å². The van der Waals surface area contributed by atoms with Crippen molar-refractivity contribution in [1.29, 1.82) is 10.5 Å². The first-order valence-electron chi connectivity index (χ1n) is 5.42. The van der Waals surface area contributed by atoms with Gasteiger partial charge in [0.2, 0.25) is 0 Å². The van der Waals surface area contributed by atoms with Crippen molar-refractivity contribution >= 4 is 5.91 Å². The zero-order valence-corrected chi connectivity index (χ0v) is 9.57. The summed E-state index contributed by atoms with van der Waals surface area (Å²) in [5.41, 5.74) is 0.160. The second kappa shape index (κ2) is 5.25. The Morgan fingerprint density at radius 3 is 2.67 bits per heavy atom. The van der Waals surface area contributed by atoms with Crippen LogP contribution >= 0.6 is 0 Å². The van der Waals surface area contributed by atoms with E-state index >= 15 is 0 Å². The molecule has 1 N–H and O–H groups in total. The molecular formula is C10H11N7O. The van der Waals surface area contributed by atoms with E-state index in [1.807, 2.05) is 12.1 Å². The molecule has 0 unspecified atom stereocenters. The van der Waals surface area contributed by atoms with Crippen molar-refractivity contribution in [2.75, 3.05) is 26.2 Å². The van der Waals surface area contributed by atoms with Crippen LogP contribution in [0.3, 0.4) is 0 Å². The Hall–Kier alpha value is -2.45. The summed E-state index contributed by atoms with van der Waals surface area (Å²) in [4.78, 5) is 13.1. The second-order valence-electron chi connectivity index (χ2n) is 3.87. The van der Waals surface area contributed by atoms with Gasteiger partial charge in [0.15, 0.2) is 5.69 Å². The normalized spacial score (nSPS) is 14.3. The molecule has 2 rings (SSSR count). The van der Waals surface area contributed by atoms with Gasteiger partial charge in [-0.2, -0.15) is 10.5 Å². The fourth-order valence-electron chi connectivity index (χ4n) is 1.55. The smallest absolute Gasteiger partial charge is 0.277 e. The monoisotopic (exact) mass is 245 g/mol. The van der Waals surface area contributed by atoms with E-state index in [2.05, 4.69) is 15.6 Å². The Morgan fingerprint density at radius 2 is 2.17 bits per heavy atom. The van der Waals surface area contributed by atoms with Crippen LogP contribution in [0.15, 0.2) is 6.20 Å². The molecule has 8 heteroatoms. The summed E-state index contributed by atoms with van der Waals surface area (Å²) in [5, 5.41) is 27.9. The fraction of sp³-hybridized carbons (Fsp3) is 0.500. The van der Waals surface area contributed by atoms with Crippen LogP contribution in [-0.2, 0) is 0 Å². The van der Waals surface area contributed by atoms with Crippen LogP contribution in [0.4, 0.5) is 0 Å². The molecule has 0 spiro atoms. The number of carbonyl (C=O) groups excluding carboxylic acids is 1. The molecule has 1 aliphatic rings. The lowest BCUT2D eigenvalue weighted by Gasteiger charge is -2.26. The Labute approximate surface area is 103 Å². The lowest BCUT2D eigenvalue weighted by molar-refractivity contribution is 0.0789. The molecule has 1 amide bonds. The van der Waals surface area contributed by atoms with Crippen molar-refractivity contribution in [3.05, 3.63) is 11.9 Å². The SMILES string of the molecule is N#CCN(CC#N)C(=O)c1cn(C2CNC2)nn1. The van der Waals surface area contributed by atoms with Crippen molar-refractivity contribution in [3.8, 4) is 12.1 Å². The number of rotatable bonds is 4. The van der Waals surface area contributed by atoms with E-state index < -0.39 is 5.91 Å². The van der Waals surface area contributed by atoms with Crippen molar-refractivity contribution < 1.29 is 4.79 Å². The molecule has 2 heterocycles. The third-order valence-corrected chi connectivity index (χ3v) is 2.67. The zero-order valence-electron chi connectivity index (χ0n) is 9.57. The van der Waals surface area contributed by atoms with Crippen molar-refractivity contribution in [2.24, 2.45) is 0 Å². The maximum absolute atomic E-state index is 12.0. The lowest BCUT2D eigenvalue weighted by Crippen LogP contribution is -2.43. The quantitative estimate of drug-likeness (QED) is 0.675. The van der Waals surface area contributed by atoms with Gasteiger partial charge in [-0.1, -0.05) is 5.21 Å². The van der Waals surface area contributed by atoms with Crippen molar-refractivity contribution in [3.63, 3.8) is 0 Å². The van der Waals surface area contributed by atoms with E-state index in [-0.39, 0.29) is 24.8 Å². The van der Waals surface area contributed by atoms with Gasteiger partial charge in [0.1, 0.15) is 13.1 Å². The third-order valence-electron chi connectivity index (χ3n) is 2.67. The highest BCUT2D eigenvalue weighted by molar-refractivity contribution is 5.92. The second-order valence-corrected chi connectivity index (χ2v) is 3.87. The van der Waals surface area contributed by atoms with Gasteiger partial charge in [0.25, 0.3) is 5.91 Å². The molecule has 1 fully saturated rings. The first kappa shape index (κ1) is 12.0. The molecule has 0 bridgehead atoms. The number of nitriles is 2. The molecule has 0 saturated carbocycles. The maximum atomic E-state index is 12.0. The van der Waals surface area contributed by atoms with Gasteiger partial charge < -0.3 is 10.2 Å². The van der Waals surface area contributed by atoms with E-state index in [1.54, 1.807) is 10.9 Å². The lowest BCUT2D eigenvalue weighted by atomic mass is 10.2. The first-order chi connectivity index (χ1) is 8.76. The number of carbonyl (C=O) groups is 1. The highest BCUT2D eigenvalue weighted by atomic mass is 16.2. The molecular weight excluding hydrogens is 234 g/mol. The number of amides is 1. The fourth-order valence-corrected chi connectivity index (χ4v) is 1.55. The molecule has 0 aromatic carbocycles. The van der Waals surface area contributed by atoms with Gasteiger partial charge >= 0.3 is 0 Å². The summed E-state index contributed by atoms with van der Waals surface area (Å²) >= 11 is 0. The average Bonchev–Trinajstić information content (AvgIpc) is 2.75. The van der Waals surface area contributed by atoms with Crippen molar-refractivity contribution in [2.45, 2.75) is 6.04 Å². The Kier molecular flexibility index (Phi) is 3.51.